The highest BCUT2D eigenvalue weighted by Gasteiger charge is 2.19. The van der Waals surface area contributed by atoms with Crippen LogP contribution in [0.1, 0.15) is 26.3 Å². The Bertz CT molecular complexity index is 321. The van der Waals surface area contributed by atoms with Crippen LogP contribution in [0, 0.1) is 10.8 Å². The largest absolute Gasteiger partial charge is 0.398 e. The summed E-state index contributed by atoms with van der Waals surface area (Å²) in [6, 6.07) is 7.51. The lowest BCUT2D eigenvalue weighted by atomic mass is 9.85. The minimum Gasteiger partial charge on any atom is -0.398 e. The second-order valence-electron chi connectivity index (χ2n) is 4.21. The minimum absolute atomic E-state index is 0.143. The second-order valence-corrected chi connectivity index (χ2v) is 4.21. The van der Waals surface area contributed by atoms with Gasteiger partial charge in [-0.1, -0.05) is 39.0 Å². The Labute approximate surface area is 79.3 Å². The molecule has 0 aromatic heterocycles. The molecular formula is C11H16N2. The van der Waals surface area contributed by atoms with Gasteiger partial charge >= 0.3 is 0 Å². The predicted octanol–water partition coefficient (Wildman–Crippen LogP) is 2.68. The second kappa shape index (κ2) is 3.21. The third kappa shape index (κ3) is 2.08. The molecule has 0 atom stereocenters. The number of hydrogen-bond acceptors (Lipinski definition) is 2. The molecular weight excluding hydrogens is 160 g/mol. The van der Waals surface area contributed by atoms with Crippen LogP contribution >= 0.6 is 0 Å². The number of nitrogen functional groups attached to an aromatic ring is 1. The Hall–Kier alpha value is -1.31. The van der Waals surface area contributed by atoms with Crippen molar-refractivity contribution < 1.29 is 0 Å². The molecule has 0 amide bonds. The van der Waals surface area contributed by atoms with Gasteiger partial charge < -0.3 is 11.1 Å². The highest BCUT2D eigenvalue weighted by molar-refractivity contribution is 6.05. The molecule has 0 radical (unpaired) electrons. The quantitative estimate of drug-likeness (QED) is 0.501. The van der Waals surface area contributed by atoms with Gasteiger partial charge in [0.1, 0.15) is 0 Å². The van der Waals surface area contributed by atoms with E-state index < -0.39 is 0 Å². The average Bonchev–Trinajstić information content (AvgIpc) is 2.02. The summed E-state index contributed by atoms with van der Waals surface area (Å²) in [5, 5.41) is 7.94. The molecule has 0 aliphatic heterocycles. The molecule has 0 saturated carbocycles. The number of para-hydroxylation sites is 1. The zero-order chi connectivity index (χ0) is 10.1. The third-order valence-corrected chi connectivity index (χ3v) is 1.98. The monoisotopic (exact) mass is 176 g/mol. The van der Waals surface area contributed by atoms with E-state index in [-0.39, 0.29) is 5.41 Å². The summed E-state index contributed by atoms with van der Waals surface area (Å²) >= 11 is 0. The van der Waals surface area contributed by atoms with Crippen molar-refractivity contribution in [1.29, 1.82) is 5.41 Å². The first-order chi connectivity index (χ1) is 5.93. The SMILES string of the molecule is CC(C)(C)C(=N)c1ccccc1N. The molecule has 0 bridgehead atoms. The fourth-order valence-corrected chi connectivity index (χ4v) is 1.13. The fraction of sp³-hybridized carbons (Fsp3) is 0.364. The standard InChI is InChI=1S/C11H16N2/c1-11(2,3)10(13)8-6-4-5-7-9(8)12/h4-7,13H,12H2,1-3H3. The molecule has 0 fully saturated rings. The maximum Gasteiger partial charge on any atom is 0.0460 e. The molecule has 13 heavy (non-hydrogen) atoms. The number of benzene rings is 1. The third-order valence-electron chi connectivity index (χ3n) is 1.98. The highest BCUT2D eigenvalue weighted by atomic mass is 14.6. The lowest BCUT2D eigenvalue weighted by Gasteiger charge is -2.20. The first-order valence-corrected chi connectivity index (χ1v) is 4.37. The summed E-state index contributed by atoms with van der Waals surface area (Å²) in [5.41, 5.74) is 7.75. The van der Waals surface area contributed by atoms with Crippen molar-refractivity contribution in [3.05, 3.63) is 29.8 Å². The van der Waals surface area contributed by atoms with Crippen molar-refractivity contribution in [2.24, 2.45) is 5.41 Å². The van der Waals surface area contributed by atoms with Crippen molar-refractivity contribution in [3.63, 3.8) is 0 Å². The zero-order valence-electron chi connectivity index (χ0n) is 8.39. The van der Waals surface area contributed by atoms with Gasteiger partial charge in [0.05, 0.1) is 0 Å². The van der Waals surface area contributed by atoms with Crippen LogP contribution in [0.4, 0.5) is 5.69 Å². The predicted molar refractivity (Wildman–Crippen MR) is 57.1 cm³/mol. The van der Waals surface area contributed by atoms with E-state index in [2.05, 4.69) is 0 Å². The molecule has 0 aliphatic rings. The Morgan fingerprint density at radius 2 is 1.77 bits per heavy atom. The van der Waals surface area contributed by atoms with Crippen molar-refractivity contribution in [2.45, 2.75) is 20.8 Å². The maximum absolute atomic E-state index is 7.94. The van der Waals surface area contributed by atoms with Crippen LogP contribution in [0.5, 0.6) is 0 Å². The van der Waals surface area contributed by atoms with Gasteiger partial charge in [-0.15, -0.1) is 0 Å². The summed E-state index contributed by atoms with van der Waals surface area (Å²) in [4.78, 5) is 0. The Morgan fingerprint density at radius 3 is 2.23 bits per heavy atom. The van der Waals surface area contributed by atoms with Crippen LogP contribution in [0.3, 0.4) is 0 Å². The van der Waals surface area contributed by atoms with E-state index in [0.29, 0.717) is 11.4 Å². The summed E-state index contributed by atoms with van der Waals surface area (Å²) in [5.74, 6) is 0. The molecule has 1 rings (SSSR count). The van der Waals surface area contributed by atoms with Crippen LogP contribution in [-0.2, 0) is 0 Å². The molecule has 1 aromatic carbocycles. The van der Waals surface area contributed by atoms with Crippen molar-refractivity contribution in [2.75, 3.05) is 5.73 Å². The molecule has 2 heteroatoms. The number of rotatable bonds is 1. The molecule has 0 heterocycles. The first kappa shape index (κ1) is 9.78. The molecule has 70 valence electrons. The van der Waals surface area contributed by atoms with Gasteiger partial charge in [-0.05, 0) is 6.07 Å². The number of hydrogen-bond donors (Lipinski definition) is 2. The maximum atomic E-state index is 7.94. The Morgan fingerprint density at radius 1 is 1.23 bits per heavy atom. The summed E-state index contributed by atoms with van der Waals surface area (Å²) in [6.07, 6.45) is 0. The van der Waals surface area contributed by atoms with E-state index in [1.54, 1.807) is 0 Å². The molecule has 2 nitrogen and oxygen atoms in total. The number of nitrogens with one attached hydrogen (secondary N) is 1. The highest BCUT2D eigenvalue weighted by Crippen LogP contribution is 2.23. The molecule has 0 aliphatic carbocycles. The van der Waals surface area contributed by atoms with Crippen molar-refractivity contribution in [3.8, 4) is 0 Å². The van der Waals surface area contributed by atoms with Crippen LogP contribution in [0.2, 0.25) is 0 Å². The molecule has 0 unspecified atom stereocenters. The van der Waals surface area contributed by atoms with Crippen LogP contribution < -0.4 is 5.73 Å². The van der Waals surface area contributed by atoms with E-state index >= 15 is 0 Å². The van der Waals surface area contributed by atoms with Gasteiger partial charge in [0.15, 0.2) is 0 Å². The van der Waals surface area contributed by atoms with Gasteiger partial charge in [-0.3, -0.25) is 0 Å². The topological polar surface area (TPSA) is 49.9 Å². The van der Waals surface area contributed by atoms with Gasteiger partial charge in [-0.2, -0.15) is 0 Å². The fourth-order valence-electron chi connectivity index (χ4n) is 1.13. The summed E-state index contributed by atoms with van der Waals surface area (Å²) < 4.78 is 0. The minimum atomic E-state index is -0.143. The van der Waals surface area contributed by atoms with Crippen LogP contribution in [-0.4, -0.2) is 5.71 Å². The first-order valence-electron chi connectivity index (χ1n) is 4.37. The van der Waals surface area contributed by atoms with E-state index in [9.17, 15) is 0 Å². The van der Waals surface area contributed by atoms with E-state index in [4.69, 9.17) is 11.1 Å². The average molecular weight is 176 g/mol. The van der Waals surface area contributed by atoms with Gasteiger partial charge in [0, 0.05) is 22.4 Å². The molecule has 0 spiro atoms. The van der Waals surface area contributed by atoms with E-state index in [1.807, 2.05) is 45.0 Å². The number of anilines is 1. The van der Waals surface area contributed by atoms with Gasteiger partial charge in [0.2, 0.25) is 0 Å². The normalized spacial score (nSPS) is 11.3. The lowest BCUT2D eigenvalue weighted by molar-refractivity contribution is 0.589. The smallest absolute Gasteiger partial charge is 0.0460 e. The van der Waals surface area contributed by atoms with E-state index in [0.717, 1.165) is 5.56 Å². The van der Waals surface area contributed by atoms with E-state index in [1.165, 1.54) is 0 Å². The Balaban J connectivity index is 3.10. The molecule has 0 saturated heterocycles. The Kier molecular flexibility index (Phi) is 2.41. The van der Waals surface area contributed by atoms with Gasteiger partial charge in [-0.25, -0.2) is 0 Å². The molecule has 3 N–H and O–H groups in total. The van der Waals surface area contributed by atoms with Crippen molar-refractivity contribution in [1.82, 2.24) is 0 Å². The lowest BCUT2D eigenvalue weighted by Crippen LogP contribution is -2.21. The summed E-state index contributed by atoms with van der Waals surface area (Å²) in [7, 11) is 0. The zero-order valence-corrected chi connectivity index (χ0v) is 8.39. The summed E-state index contributed by atoms with van der Waals surface area (Å²) in [6.45, 7) is 6.05. The molecule has 1 aromatic rings. The van der Waals surface area contributed by atoms with Crippen molar-refractivity contribution >= 4 is 11.4 Å². The van der Waals surface area contributed by atoms with Crippen LogP contribution in [0.15, 0.2) is 24.3 Å². The van der Waals surface area contributed by atoms with Crippen LogP contribution in [0.25, 0.3) is 0 Å². The number of nitrogens with two attached hydrogens (primary N) is 1. The van der Waals surface area contributed by atoms with Gasteiger partial charge in [0.25, 0.3) is 0 Å².